The molecular formula is C15H17N5O4. The number of amides is 1. The smallest absolute Gasteiger partial charge is 0.333 e. The third-order valence-corrected chi connectivity index (χ3v) is 3.67. The van der Waals surface area contributed by atoms with Gasteiger partial charge in [-0.3, -0.25) is 19.0 Å². The van der Waals surface area contributed by atoms with Gasteiger partial charge in [-0.05, 0) is 31.2 Å². The number of ether oxygens (including phenoxy) is 1. The second-order valence-corrected chi connectivity index (χ2v) is 5.26. The molecule has 0 aliphatic carbocycles. The Morgan fingerprint density at radius 2 is 1.92 bits per heavy atom. The highest BCUT2D eigenvalue weighted by Crippen LogP contribution is 2.27. The number of fused-ring (bicyclic) bond motifs is 1. The molecule has 2 aromatic rings. The summed E-state index contributed by atoms with van der Waals surface area (Å²) in [7, 11) is 0. The Labute approximate surface area is 136 Å². The van der Waals surface area contributed by atoms with Crippen molar-refractivity contribution in [1.82, 2.24) is 14.3 Å². The summed E-state index contributed by atoms with van der Waals surface area (Å²) in [4.78, 5) is 37.0. The number of benzene rings is 1. The van der Waals surface area contributed by atoms with Crippen LogP contribution < -0.4 is 26.5 Å². The van der Waals surface area contributed by atoms with Crippen molar-refractivity contribution < 1.29 is 9.53 Å². The average molecular weight is 331 g/mol. The Morgan fingerprint density at radius 1 is 1.21 bits per heavy atom. The molecule has 1 aromatic heterocycles. The molecule has 1 aromatic carbocycles. The number of hydrogen-bond donors (Lipinski definition) is 1. The van der Waals surface area contributed by atoms with Crippen molar-refractivity contribution in [2.24, 2.45) is 5.73 Å². The van der Waals surface area contributed by atoms with E-state index in [2.05, 4.69) is 5.10 Å². The lowest BCUT2D eigenvalue weighted by molar-refractivity contribution is -0.118. The fourth-order valence-electron chi connectivity index (χ4n) is 2.61. The summed E-state index contributed by atoms with van der Waals surface area (Å²) >= 11 is 0. The zero-order chi connectivity index (χ0) is 17.3. The van der Waals surface area contributed by atoms with E-state index in [1.54, 1.807) is 4.90 Å². The van der Waals surface area contributed by atoms with E-state index in [1.807, 2.05) is 31.2 Å². The molecular weight excluding hydrogens is 314 g/mol. The van der Waals surface area contributed by atoms with E-state index in [1.165, 1.54) is 4.57 Å². The largest absolute Gasteiger partial charge is 0.494 e. The van der Waals surface area contributed by atoms with Crippen LogP contribution in [-0.4, -0.2) is 33.4 Å². The van der Waals surface area contributed by atoms with Gasteiger partial charge in [0.05, 0.1) is 6.61 Å². The van der Waals surface area contributed by atoms with Crippen molar-refractivity contribution >= 4 is 17.5 Å². The minimum Gasteiger partial charge on any atom is -0.494 e. The molecule has 0 unspecified atom stereocenters. The number of aromatic nitrogens is 3. The molecule has 0 saturated carbocycles. The van der Waals surface area contributed by atoms with Gasteiger partial charge in [0.1, 0.15) is 12.3 Å². The van der Waals surface area contributed by atoms with Crippen LogP contribution in [0.15, 0.2) is 33.9 Å². The number of primary amides is 1. The van der Waals surface area contributed by atoms with Crippen LogP contribution in [0.3, 0.4) is 0 Å². The summed E-state index contributed by atoms with van der Waals surface area (Å²) in [5.74, 6) is 0.314. The lowest BCUT2D eigenvalue weighted by Crippen LogP contribution is -2.44. The van der Waals surface area contributed by atoms with Gasteiger partial charge in [-0.25, -0.2) is 4.68 Å². The maximum absolute atomic E-state index is 12.2. The van der Waals surface area contributed by atoms with Crippen LogP contribution in [-0.2, 0) is 17.9 Å². The normalized spacial score (nSPS) is 13.0. The number of carbonyl (C=O) groups is 1. The SMILES string of the molecule is CCOc1ccc(N2CCn3c2nn(CC(N)=O)c(=O)c3=O)cc1. The van der Waals surface area contributed by atoms with Crippen molar-refractivity contribution in [2.75, 3.05) is 18.1 Å². The highest BCUT2D eigenvalue weighted by Gasteiger charge is 2.26. The summed E-state index contributed by atoms with van der Waals surface area (Å²) in [5.41, 5.74) is 4.34. The predicted molar refractivity (Wildman–Crippen MR) is 86.6 cm³/mol. The molecule has 0 fully saturated rings. The van der Waals surface area contributed by atoms with E-state index in [0.29, 0.717) is 25.6 Å². The first kappa shape index (κ1) is 15.8. The first-order valence-corrected chi connectivity index (χ1v) is 7.52. The van der Waals surface area contributed by atoms with Crippen LogP contribution in [0.2, 0.25) is 0 Å². The van der Waals surface area contributed by atoms with Crippen LogP contribution >= 0.6 is 0 Å². The number of anilines is 2. The number of hydrogen-bond acceptors (Lipinski definition) is 6. The van der Waals surface area contributed by atoms with Crippen molar-refractivity contribution in [2.45, 2.75) is 20.0 Å². The molecule has 2 heterocycles. The van der Waals surface area contributed by atoms with E-state index in [4.69, 9.17) is 10.5 Å². The number of carbonyl (C=O) groups excluding carboxylic acids is 1. The molecule has 3 rings (SSSR count). The van der Waals surface area contributed by atoms with Crippen molar-refractivity contribution in [3.05, 3.63) is 45.0 Å². The monoisotopic (exact) mass is 331 g/mol. The average Bonchev–Trinajstić information content (AvgIpc) is 2.97. The quantitative estimate of drug-likeness (QED) is 0.735. The van der Waals surface area contributed by atoms with Gasteiger partial charge in [-0.1, -0.05) is 0 Å². The minimum atomic E-state index is -0.855. The molecule has 1 aliphatic heterocycles. The minimum absolute atomic E-state index is 0.310. The molecule has 1 aliphatic rings. The van der Waals surface area contributed by atoms with Gasteiger partial charge in [-0.15, -0.1) is 5.10 Å². The van der Waals surface area contributed by atoms with Crippen LogP contribution in [0.25, 0.3) is 0 Å². The topological polar surface area (TPSA) is 112 Å². The number of rotatable bonds is 5. The molecule has 9 heteroatoms. The highest BCUT2D eigenvalue weighted by atomic mass is 16.5. The zero-order valence-electron chi connectivity index (χ0n) is 13.1. The maximum Gasteiger partial charge on any atom is 0.333 e. The van der Waals surface area contributed by atoms with E-state index in [0.717, 1.165) is 16.1 Å². The van der Waals surface area contributed by atoms with Gasteiger partial charge >= 0.3 is 11.1 Å². The lowest BCUT2D eigenvalue weighted by atomic mass is 10.3. The van der Waals surface area contributed by atoms with E-state index < -0.39 is 23.6 Å². The molecule has 1 amide bonds. The number of nitrogens with zero attached hydrogens (tertiary/aromatic N) is 4. The fourth-order valence-corrected chi connectivity index (χ4v) is 2.61. The third kappa shape index (κ3) is 2.75. The Morgan fingerprint density at radius 3 is 2.54 bits per heavy atom. The third-order valence-electron chi connectivity index (χ3n) is 3.67. The van der Waals surface area contributed by atoms with E-state index >= 15 is 0 Å². The fraction of sp³-hybridized carbons (Fsp3) is 0.333. The van der Waals surface area contributed by atoms with Crippen LogP contribution in [0.5, 0.6) is 5.75 Å². The summed E-state index contributed by atoms with van der Waals surface area (Å²) in [6, 6.07) is 7.32. The molecule has 0 atom stereocenters. The lowest BCUT2D eigenvalue weighted by Gasteiger charge is -2.18. The summed E-state index contributed by atoms with van der Waals surface area (Å²) in [6.07, 6.45) is 0. The van der Waals surface area contributed by atoms with Gasteiger partial charge < -0.3 is 15.4 Å². The van der Waals surface area contributed by atoms with Crippen LogP contribution in [0.4, 0.5) is 11.6 Å². The number of nitrogens with two attached hydrogens (primary N) is 1. The standard InChI is InChI=1S/C15H17N5O4/c1-2-24-11-5-3-10(4-6-11)18-7-8-19-13(22)14(23)20(9-12(16)21)17-15(18)19/h3-6H,2,7-9H2,1H3,(H2,16,21). The Bertz CT molecular complexity index is 884. The first-order chi connectivity index (χ1) is 11.5. The molecule has 9 nitrogen and oxygen atoms in total. The molecule has 0 bridgehead atoms. The Kier molecular flexibility index (Phi) is 4.07. The summed E-state index contributed by atoms with van der Waals surface area (Å²) < 4.78 is 7.52. The van der Waals surface area contributed by atoms with Crippen molar-refractivity contribution in [3.63, 3.8) is 0 Å². The molecule has 0 saturated heterocycles. The predicted octanol–water partition coefficient (Wildman–Crippen LogP) is -0.559. The maximum atomic E-state index is 12.2. The van der Waals surface area contributed by atoms with E-state index in [-0.39, 0.29) is 0 Å². The molecule has 0 spiro atoms. The van der Waals surface area contributed by atoms with Gasteiger partial charge in [0.15, 0.2) is 0 Å². The van der Waals surface area contributed by atoms with Gasteiger partial charge in [0.2, 0.25) is 11.9 Å². The second kappa shape index (κ2) is 6.19. The molecule has 2 N–H and O–H groups in total. The van der Waals surface area contributed by atoms with Gasteiger partial charge in [-0.2, -0.15) is 0 Å². The molecule has 126 valence electrons. The van der Waals surface area contributed by atoms with Crippen molar-refractivity contribution in [1.29, 1.82) is 0 Å². The highest BCUT2D eigenvalue weighted by molar-refractivity contribution is 5.73. The summed E-state index contributed by atoms with van der Waals surface area (Å²) in [5, 5.41) is 4.13. The Balaban J connectivity index is 2.01. The van der Waals surface area contributed by atoms with Crippen molar-refractivity contribution in [3.8, 4) is 5.75 Å². The van der Waals surface area contributed by atoms with Gasteiger partial charge in [0, 0.05) is 18.8 Å². The first-order valence-electron chi connectivity index (χ1n) is 7.52. The van der Waals surface area contributed by atoms with Crippen LogP contribution in [0.1, 0.15) is 6.92 Å². The zero-order valence-corrected chi connectivity index (χ0v) is 13.1. The van der Waals surface area contributed by atoms with E-state index in [9.17, 15) is 14.4 Å². The molecule has 24 heavy (non-hydrogen) atoms. The Hall–Kier alpha value is -3.10. The van der Waals surface area contributed by atoms with Crippen LogP contribution in [0, 0.1) is 0 Å². The van der Waals surface area contributed by atoms with Gasteiger partial charge in [0.25, 0.3) is 0 Å². The summed E-state index contributed by atoms with van der Waals surface area (Å²) in [6.45, 7) is 2.89. The second-order valence-electron chi connectivity index (χ2n) is 5.26. The molecule has 0 radical (unpaired) electrons.